The van der Waals surface area contributed by atoms with Gasteiger partial charge in [-0.15, -0.1) is 0 Å². The van der Waals surface area contributed by atoms with Gasteiger partial charge in [-0.25, -0.2) is 0 Å². The van der Waals surface area contributed by atoms with E-state index < -0.39 is 0 Å². The third-order valence-corrected chi connectivity index (χ3v) is 25.7. The standard InChI is InChI=1S/C33H27N.C30H23N.C27H23N.C24H19N.C18H15N.5C2H6/c1-33(2)31-16-10-9-15-29(31)30-22-21-28(23-32(30)33)34(26-13-7-4-8-14-26)27-19-17-25(18-20-27)24-11-5-3-6-12-24;1-4-10-24(11-5-1)26-16-20-29(21-17-26)31(28-14-8-3-9-15-28)30-22-18-27(19-23-30)25-12-6-2-7-13-25;1-27(2)25-16-10-9-15-23(25)24-18-17-22(19-26(24)27)28(20-11-5-3-6-12-20)21-13-7-4-8-14-21;1-4-10-20(11-5-1)21-16-18-24(19-17-21)25(22-12-6-2-7-13-22)23-14-8-3-9-15-23;1-4-10-16(11-5-1)19(17-12-6-2-7-13-17)18-14-8-3-9-15-18;5*1-2/h3-23H,1-2H3;1-23H;3-19H,1-2H3;1-19H;1-15H;5*1-2H3. The van der Waals surface area contributed by atoms with E-state index in [2.05, 4.69) is 580 Å². The van der Waals surface area contributed by atoms with E-state index in [9.17, 15) is 0 Å². The first-order valence-corrected chi connectivity index (χ1v) is 52.1. The zero-order chi connectivity index (χ0) is 103. The minimum atomic E-state index is -0.0263. The molecule has 5 nitrogen and oxygen atoms in total. The van der Waals surface area contributed by atoms with Crippen molar-refractivity contribution in [2.24, 2.45) is 0 Å². The van der Waals surface area contributed by atoms with Crippen molar-refractivity contribution in [1.82, 2.24) is 0 Å². The molecular weight excluding hydrogens is 1780 g/mol. The van der Waals surface area contributed by atoms with Crippen LogP contribution >= 0.6 is 0 Å². The highest BCUT2D eigenvalue weighted by atomic mass is 15.2. The molecule has 0 amide bonds. The Morgan fingerprint density at radius 1 is 0.109 bits per heavy atom. The third-order valence-electron chi connectivity index (χ3n) is 25.7. The van der Waals surface area contributed by atoms with E-state index in [0.29, 0.717) is 0 Å². The van der Waals surface area contributed by atoms with Gasteiger partial charge in [-0.1, -0.05) is 491 Å². The lowest BCUT2D eigenvalue weighted by molar-refractivity contribution is 0.660. The van der Waals surface area contributed by atoms with Crippen molar-refractivity contribution in [1.29, 1.82) is 0 Å². The highest BCUT2D eigenvalue weighted by Crippen LogP contribution is 2.53. The Labute approximate surface area is 876 Å². The molecule has 2 aliphatic rings. The fourth-order valence-corrected chi connectivity index (χ4v) is 18.8. The van der Waals surface area contributed by atoms with Gasteiger partial charge in [0.05, 0.1) is 0 Å². The van der Waals surface area contributed by atoms with Crippen LogP contribution in [0.5, 0.6) is 0 Å². The molecule has 0 atom stereocenters. The Kier molecular flexibility index (Phi) is 38.5. The first kappa shape index (κ1) is 105. The highest BCUT2D eigenvalue weighted by Gasteiger charge is 2.38. The van der Waals surface area contributed by atoms with Crippen molar-refractivity contribution < 1.29 is 0 Å². The SMILES string of the molecule is CC.CC.CC.CC.CC.CC1(C)c2ccccc2-c2ccc(N(c3ccccc3)c3ccc(-c4ccccc4)cc3)cc21.CC1(C)c2ccccc2-c2ccc(N(c3ccccc3)c3ccccc3)cc21.c1ccc(-c2ccc(N(c3ccccc3)c3ccc(-c4ccccc4)cc3)cc2)cc1.c1ccc(-c2ccc(N(c3ccccc3)c3ccccc3)cc2)cc1.c1ccc(N(c2ccccc2)c2ccccc2)cc1. The van der Waals surface area contributed by atoms with Crippen molar-refractivity contribution in [2.45, 2.75) is 108 Å². The maximum atomic E-state index is 2.38. The van der Waals surface area contributed by atoms with Gasteiger partial charge in [0.2, 0.25) is 0 Å². The van der Waals surface area contributed by atoms with E-state index in [1.807, 2.05) is 118 Å². The quantitative estimate of drug-likeness (QED) is 0.0800. The summed E-state index contributed by atoms with van der Waals surface area (Å²) in [6.45, 7) is 29.3. The summed E-state index contributed by atoms with van der Waals surface area (Å²) < 4.78 is 0. The van der Waals surface area contributed by atoms with E-state index in [1.165, 1.54) is 129 Å². The molecule has 5 heteroatoms. The highest BCUT2D eigenvalue weighted by molar-refractivity contribution is 5.90. The number of hydrogen-bond donors (Lipinski definition) is 0. The van der Waals surface area contributed by atoms with Crippen LogP contribution in [0.1, 0.15) is 119 Å². The molecular formula is C142H137N5. The van der Waals surface area contributed by atoms with Gasteiger partial charge < -0.3 is 24.5 Å². The van der Waals surface area contributed by atoms with Crippen LogP contribution in [0.3, 0.4) is 0 Å². The summed E-state index contributed by atoms with van der Waals surface area (Å²) in [5.74, 6) is 0. The summed E-state index contributed by atoms with van der Waals surface area (Å²) in [7, 11) is 0. The fourth-order valence-electron chi connectivity index (χ4n) is 18.8. The van der Waals surface area contributed by atoms with Crippen molar-refractivity contribution in [3.63, 3.8) is 0 Å². The third kappa shape index (κ3) is 25.8. The summed E-state index contributed by atoms with van der Waals surface area (Å²) in [4.78, 5) is 11.5. The summed E-state index contributed by atoms with van der Waals surface area (Å²) in [5, 5.41) is 0. The van der Waals surface area contributed by atoms with E-state index in [-0.39, 0.29) is 10.8 Å². The molecule has 0 bridgehead atoms. The normalized spacial score (nSPS) is 11.2. The Balaban J connectivity index is 0.000000143. The van der Waals surface area contributed by atoms with Crippen LogP contribution in [0.25, 0.3) is 66.8 Å². The second-order valence-electron chi connectivity index (χ2n) is 35.1. The molecule has 147 heavy (non-hydrogen) atoms. The second kappa shape index (κ2) is 53.6. The number of nitrogens with zero attached hydrogens (tertiary/aromatic N) is 5. The Bertz CT molecular complexity index is 7140. The zero-order valence-corrected chi connectivity index (χ0v) is 87.6. The van der Waals surface area contributed by atoms with Gasteiger partial charge in [0.1, 0.15) is 0 Å². The van der Waals surface area contributed by atoms with Gasteiger partial charge in [0.25, 0.3) is 0 Å². The molecule has 2 aliphatic carbocycles. The van der Waals surface area contributed by atoms with E-state index >= 15 is 0 Å². The maximum Gasteiger partial charge on any atom is 0.0465 e. The van der Waals surface area contributed by atoms with E-state index in [0.717, 1.165) is 45.5 Å². The molecule has 0 heterocycles. The number of hydrogen-bond acceptors (Lipinski definition) is 5. The van der Waals surface area contributed by atoms with Gasteiger partial charge in [-0.05, 0) is 271 Å². The smallest absolute Gasteiger partial charge is 0.0465 e. The van der Waals surface area contributed by atoms with Crippen molar-refractivity contribution in [2.75, 3.05) is 24.5 Å². The van der Waals surface area contributed by atoms with E-state index in [4.69, 9.17) is 0 Å². The van der Waals surface area contributed by atoms with Gasteiger partial charge >= 0.3 is 0 Å². The van der Waals surface area contributed by atoms with E-state index in [1.54, 1.807) is 0 Å². The molecule has 0 unspecified atom stereocenters. The van der Waals surface area contributed by atoms with Crippen LogP contribution in [0, 0.1) is 0 Å². The van der Waals surface area contributed by atoms with Crippen LogP contribution < -0.4 is 24.5 Å². The lowest BCUT2D eigenvalue weighted by atomic mass is 9.82. The Hall–Kier alpha value is -17.4. The number of rotatable bonds is 19. The summed E-state index contributed by atoms with van der Waals surface area (Å²) in [6.07, 6.45) is 0. The fraction of sp³-hybridized carbons (Fsp3) is 0.113. The molecule has 0 radical (unpaired) electrons. The van der Waals surface area contributed by atoms with Crippen molar-refractivity contribution >= 4 is 85.3 Å². The molecule has 730 valence electrons. The summed E-state index contributed by atoms with van der Waals surface area (Å²) >= 11 is 0. The maximum absolute atomic E-state index is 2.38. The molecule has 21 aromatic rings. The lowest BCUT2D eigenvalue weighted by Crippen LogP contribution is -2.16. The molecule has 0 aliphatic heterocycles. The second-order valence-corrected chi connectivity index (χ2v) is 35.1. The minimum Gasteiger partial charge on any atom is -0.311 e. The molecule has 23 rings (SSSR count). The predicted molar refractivity (Wildman–Crippen MR) is 639 cm³/mol. The van der Waals surface area contributed by atoms with Crippen LogP contribution in [0.2, 0.25) is 0 Å². The summed E-state index contributed by atoms with van der Waals surface area (Å²) in [6, 6.07) is 203. The minimum absolute atomic E-state index is 0.000975. The number of fused-ring (bicyclic) bond motifs is 6. The molecule has 0 N–H and O–H groups in total. The van der Waals surface area contributed by atoms with Gasteiger partial charge in [0, 0.05) is 96.1 Å². The topological polar surface area (TPSA) is 16.2 Å². The Morgan fingerprint density at radius 3 is 0.408 bits per heavy atom. The van der Waals surface area contributed by atoms with Crippen LogP contribution in [0.4, 0.5) is 85.3 Å². The van der Waals surface area contributed by atoms with Crippen molar-refractivity contribution in [3.05, 3.63) is 599 Å². The molecule has 0 fully saturated rings. The zero-order valence-electron chi connectivity index (χ0n) is 87.6. The number of benzene rings is 21. The van der Waals surface area contributed by atoms with Gasteiger partial charge in [-0.3, -0.25) is 0 Å². The van der Waals surface area contributed by atoms with Crippen LogP contribution in [-0.2, 0) is 10.8 Å². The predicted octanol–water partition coefficient (Wildman–Crippen LogP) is 42.2. The molecule has 0 spiro atoms. The number of para-hydroxylation sites is 9. The lowest BCUT2D eigenvalue weighted by Gasteiger charge is -2.28. The first-order valence-electron chi connectivity index (χ1n) is 52.1. The molecule has 21 aromatic carbocycles. The van der Waals surface area contributed by atoms with Gasteiger partial charge in [0.15, 0.2) is 0 Å². The molecule has 0 saturated heterocycles. The van der Waals surface area contributed by atoms with Crippen molar-refractivity contribution in [3.8, 4) is 66.8 Å². The average Bonchev–Trinajstić information content (AvgIpc) is 1.58. The largest absolute Gasteiger partial charge is 0.311 e. The Morgan fingerprint density at radius 2 is 0.231 bits per heavy atom. The van der Waals surface area contributed by atoms with Crippen LogP contribution in [0.15, 0.2) is 576 Å². The average molecular weight is 1910 g/mol. The molecule has 0 saturated carbocycles. The monoisotopic (exact) mass is 1910 g/mol. The van der Waals surface area contributed by atoms with Gasteiger partial charge in [-0.2, -0.15) is 0 Å². The first-order chi connectivity index (χ1) is 72.5. The number of anilines is 15. The summed E-state index contributed by atoms with van der Waals surface area (Å²) in [5.41, 5.74) is 38.2. The van der Waals surface area contributed by atoms with Crippen LogP contribution in [-0.4, -0.2) is 0 Å². The molecule has 0 aromatic heterocycles.